The standard InChI is InChI=1S/C17H22N2S/c1-14(15-5-3-2-4-6-15)9-12-19-13-20-17-8-11-18-10-7-16(17)19/h2-6,9,18H,7-8,10-13H2,1H3. The summed E-state index contributed by atoms with van der Waals surface area (Å²) in [5.74, 6) is 1.13. The second-order valence-electron chi connectivity index (χ2n) is 5.37. The lowest BCUT2D eigenvalue weighted by atomic mass is 10.1. The molecule has 0 unspecified atom stereocenters. The normalized spacial score (nSPS) is 20.1. The summed E-state index contributed by atoms with van der Waals surface area (Å²) >= 11 is 2.03. The zero-order valence-corrected chi connectivity index (χ0v) is 12.9. The molecule has 0 fully saturated rings. The van der Waals surface area contributed by atoms with E-state index in [2.05, 4.69) is 53.5 Å². The van der Waals surface area contributed by atoms with Crippen LogP contribution in [0.15, 0.2) is 47.0 Å². The third-order valence-electron chi connectivity index (χ3n) is 4.01. The van der Waals surface area contributed by atoms with Gasteiger partial charge in [0.25, 0.3) is 0 Å². The van der Waals surface area contributed by atoms with E-state index in [-0.39, 0.29) is 0 Å². The Kier molecular flexibility index (Phi) is 4.48. The van der Waals surface area contributed by atoms with E-state index < -0.39 is 0 Å². The predicted molar refractivity (Wildman–Crippen MR) is 88.4 cm³/mol. The summed E-state index contributed by atoms with van der Waals surface area (Å²) in [5, 5.41) is 3.49. The highest BCUT2D eigenvalue weighted by Crippen LogP contribution is 2.36. The van der Waals surface area contributed by atoms with Gasteiger partial charge in [0.1, 0.15) is 0 Å². The summed E-state index contributed by atoms with van der Waals surface area (Å²) in [6.07, 6.45) is 4.75. The summed E-state index contributed by atoms with van der Waals surface area (Å²) in [7, 11) is 0. The Bertz CT molecular complexity index is 519. The van der Waals surface area contributed by atoms with Crippen molar-refractivity contribution in [2.24, 2.45) is 0 Å². The smallest absolute Gasteiger partial charge is 0.0684 e. The molecule has 1 aromatic carbocycles. The van der Waals surface area contributed by atoms with E-state index in [1.165, 1.54) is 24.0 Å². The van der Waals surface area contributed by atoms with Crippen LogP contribution in [0, 0.1) is 0 Å². The topological polar surface area (TPSA) is 15.3 Å². The molecule has 0 amide bonds. The SMILES string of the molecule is CC(=CCN1CSC2=C1CCNCC2)c1ccccc1. The van der Waals surface area contributed by atoms with Crippen LogP contribution in [0.4, 0.5) is 0 Å². The van der Waals surface area contributed by atoms with Crippen molar-refractivity contribution in [2.75, 3.05) is 25.5 Å². The van der Waals surface area contributed by atoms with Gasteiger partial charge in [-0.15, -0.1) is 11.8 Å². The number of nitrogens with one attached hydrogen (secondary N) is 1. The maximum Gasteiger partial charge on any atom is 0.0684 e. The molecule has 0 radical (unpaired) electrons. The van der Waals surface area contributed by atoms with Crippen molar-refractivity contribution in [1.82, 2.24) is 10.2 Å². The van der Waals surface area contributed by atoms with E-state index in [1.807, 2.05) is 11.8 Å². The second-order valence-corrected chi connectivity index (χ2v) is 6.41. The molecule has 0 spiro atoms. The fourth-order valence-electron chi connectivity index (χ4n) is 2.77. The Labute approximate surface area is 125 Å². The van der Waals surface area contributed by atoms with Gasteiger partial charge in [0.05, 0.1) is 5.88 Å². The van der Waals surface area contributed by atoms with Crippen LogP contribution in [0.5, 0.6) is 0 Å². The van der Waals surface area contributed by atoms with E-state index in [4.69, 9.17) is 0 Å². The first kappa shape index (κ1) is 13.8. The number of nitrogens with zero attached hydrogens (tertiary/aromatic N) is 1. The highest BCUT2D eigenvalue weighted by atomic mass is 32.2. The lowest BCUT2D eigenvalue weighted by molar-refractivity contribution is 0.434. The molecular formula is C17H22N2S. The lowest BCUT2D eigenvalue weighted by Crippen LogP contribution is -2.22. The average molecular weight is 286 g/mol. The Morgan fingerprint density at radius 3 is 2.90 bits per heavy atom. The summed E-state index contributed by atoms with van der Waals surface area (Å²) < 4.78 is 0. The van der Waals surface area contributed by atoms with Crippen LogP contribution in [-0.4, -0.2) is 30.4 Å². The number of allylic oxidation sites excluding steroid dienone is 1. The molecule has 0 bridgehead atoms. The molecule has 0 saturated heterocycles. The third-order valence-corrected chi connectivity index (χ3v) is 5.24. The van der Waals surface area contributed by atoms with E-state index in [9.17, 15) is 0 Å². The number of hydrogen-bond acceptors (Lipinski definition) is 3. The summed E-state index contributed by atoms with van der Waals surface area (Å²) in [6.45, 7) is 5.50. The highest BCUT2D eigenvalue weighted by molar-refractivity contribution is 8.03. The quantitative estimate of drug-likeness (QED) is 0.912. The fraction of sp³-hybridized carbons (Fsp3) is 0.412. The van der Waals surface area contributed by atoms with Gasteiger partial charge in [0.2, 0.25) is 0 Å². The van der Waals surface area contributed by atoms with Gasteiger partial charge in [-0.3, -0.25) is 0 Å². The molecule has 2 aliphatic rings. The molecule has 3 heteroatoms. The molecule has 2 heterocycles. The van der Waals surface area contributed by atoms with Gasteiger partial charge in [-0.2, -0.15) is 0 Å². The van der Waals surface area contributed by atoms with E-state index in [0.29, 0.717) is 0 Å². The minimum Gasteiger partial charge on any atom is -0.361 e. The zero-order valence-electron chi connectivity index (χ0n) is 12.1. The van der Waals surface area contributed by atoms with Gasteiger partial charge >= 0.3 is 0 Å². The molecule has 1 aromatic rings. The molecule has 0 atom stereocenters. The Morgan fingerprint density at radius 2 is 2.05 bits per heavy atom. The Morgan fingerprint density at radius 1 is 1.25 bits per heavy atom. The van der Waals surface area contributed by atoms with Gasteiger partial charge < -0.3 is 10.2 Å². The van der Waals surface area contributed by atoms with Crippen molar-refractivity contribution in [3.05, 3.63) is 52.6 Å². The second kappa shape index (κ2) is 6.51. The van der Waals surface area contributed by atoms with Gasteiger partial charge in [-0.1, -0.05) is 36.4 Å². The molecule has 2 nitrogen and oxygen atoms in total. The summed E-state index contributed by atoms with van der Waals surface area (Å²) in [5.41, 5.74) is 4.28. The molecule has 1 N–H and O–H groups in total. The first-order chi connectivity index (χ1) is 9.84. The maximum atomic E-state index is 3.49. The van der Waals surface area contributed by atoms with Crippen molar-refractivity contribution < 1.29 is 0 Å². The lowest BCUT2D eigenvalue weighted by Gasteiger charge is -2.20. The summed E-state index contributed by atoms with van der Waals surface area (Å²) in [6, 6.07) is 10.7. The van der Waals surface area contributed by atoms with E-state index in [0.717, 1.165) is 25.5 Å². The maximum absolute atomic E-state index is 3.49. The van der Waals surface area contributed by atoms with Crippen LogP contribution in [0.25, 0.3) is 5.57 Å². The van der Waals surface area contributed by atoms with Crippen LogP contribution in [0.3, 0.4) is 0 Å². The summed E-state index contributed by atoms with van der Waals surface area (Å²) in [4.78, 5) is 4.15. The third kappa shape index (κ3) is 3.10. The predicted octanol–water partition coefficient (Wildman–Crippen LogP) is 3.69. The fourth-order valence-corrected chi connectivity index (χ4v) is 3.99. The minimum absolute atomic E-state index is 1.03. The van der Waals surface area contributed by atoms with E-state index >= 15 is 0 Å². The van der Waals surface area contributed by atoms with Crippen LogP contribution >= 0.6 is 11.8 Å². The monoisotopic (exact) mass is 286 g/mol. The molecule has 2 aliphatic heterocycles. The molecule has 20 heavy (non-hydrogen) atoms. The minimum atomic E-state index is 1.03. The molecule has 0 aromatic heterocycles. The molecule has 106 valence electrons. The Balaban J connectivity index is 1.68. The molecule has 0 aliphatic carbocycles. The molecule has 3 rings (SSSR count). The van der Waals surface area contributed by atoms with Gasteiger partial charge in [0.15, 0.2) is 0 Å². The number of hydrogen-bond donors (Lipinski definition) is 1. The van der Waals surface area contributed by atoms with Crippen LogP contribution < -0.4 is 5.32 Å². The van der Waals surface area contributed by atoms with Gasteiger partial charge in [-0.25, -0.2) is 0 Å². The molecule has 0 saturated carbocycles. The van der Waals surface area contributed by atoms with Crippen LogP contribution in [0.2, 0.25) is 0 Å². The largest absolute Gasteiger partial charge is 0.361 e. The first-order valence-corrected chi connectivity index (χ1v) is 8.36. The molecular weight excluding hydrogens is 264 g/mol. The average Bonchev–Trinajstić information content (AvgIpc) is 2.72. The van der Waals surface area contributed by atoms with Crippen molar-refractivity contribution in [3.8, 4) is 0 Å². The number of thioether (sulfide) groups is 1. The van der Waals surface area contributed by atoms with Crippen LogP contribution in [-0.2, 0) is 0 Å². The van der Waals surface area contributed by atoms with E-state index in [1.54, 1.807) is 10.6 Å². The number of rotatable bonds is 3. The highest BCUT2D eigenvalue weighted by Gasteiger charge is 2.23. The van der Waals surface area contributed by atoms with Gasteiger partial charge in [0, 0.05) is 30.1 Å². The van der Waals surface area contributed by atoms with Crippen molar-refractivity contribution in [3.63, 3.8) is 0 Å². The number of benzene rings is 1. The first-order valence-electron chi connectivity index (χ1n) is 7.37. The van der Waals surface area contributed by atoms with Crippen molar-refractivity contribution in [1.29, 1.82) is 0 Å². The van der Waals surface area contributed by atoms with Crippen LogP contribution in [0.1, 0.15) is 25.3 Å². The van der Waals surface area contributed by atoms with Crippen molar-refractivity contribution in [2.45, 2.75) is 19.8 Å². The Hall–Kier alpha value is -1.19. The van der Waals surface area contributed by atoms with Crippen molar-refractivity contribution >= 4 is 17.3 Å². The van der Waals surface area contributed by atoms with Gasteiger partial charge in [-0.05, 0) is 31.0 Å². The zero-order chi connectivity index (χ0) is 13.8.